The van der Waals surface area contributed by atoms with Crippen molar-refractivity contribution < 1.29 is 0 Å². The van der Waals surface area contributed by atoms with Gasteiger partial charge in [-0.1, -0.05) is 6.58 Å². The van der Waals surface area contributed by atoms with E-state index in [9.17, 15) is 0 Å². The molecule has 0 unspecified atom stereocenters. The van der Waals surface area contributed by atoms with E-state index in [4.69, 9.17) is 5.73 Å². The lowest BCUT2D eigenvalue weighted by atomic mass is 10.2. The van der Waals surface area contributed by atoms with Gasteiger partial charge in [0.05, 0.1) is 0 Å². The maximum Gasteiger partial charge on any atom is 0.225 e. The lowest BCUT2D eigenvalue weighted by Gasteiger charge is -2.20. The average Bonchev–Trinajstić information content (AvgIpc) is 2.75. The highest BCUT2D eigenvalue weighted by Crippen LogP contribution is 2.21. The molecule has 1 aliphatic heterocycles. The van der Waals surface area contributed by atoms with Crippen molar-refractivity contribution in [2.24, 2.45) is 10.7 Å². The number of nitrogens with zero attached hydrogens (tertiary/aromatic N) is 4. The molecule has 2 N–H and O–H groups in total. The molecule has 0 saturated carbocycles. The SMILES string of the molecule is C=C(N)N=C(C)c1cnc(N2CCC[C@@H]2C)nc1. The Bertz CT molecular complexity index is 463. The molecular formula is C13H19N5. The predicted octanol–water partition coefficient (Wildman–Crippen LogP) is 1.70. The van der Waals surface area contributed by atoms with E-state index in [-0.39, 0.29) is 0 Å². The van der Waals surface area contributed by atoms with Gasteiger partial charge in [-0.2, -0.15) is 0 Å². The summed E-state index contributed by atoms with van der Waals surface area (Å²) in [5.41, 5.74) is 7.10. The zero-order valence-electron chi connectivity index (χ0n) is 10.9. The quantitative estimate of drug-likeness (QED) is 0.823. The van der Waals surface area contributed by atoms with Crippen molar-refractivity contribution in [1.82, 2.24) is 9.97 Å². The Morgan fingerprint density at radius 1 is 1.50 bits per heavy atom. The Labute approximate surface area is 107 Å². The highest BCUT2D eigenvalue weighted by molar-refractivity contribution is 5.98. The molecule has 1 aromatic rings. The molecule has 18 heavy (non-hydrogen) atoms. The topological polar surface area (TPSA) is 67.4 Å². The molecule has 0 spiro atoms. The molecule has 1 aromatic heterocycles. The van der Waals surface area contributed by atoms with Gasteiger partial charge in [0.15, 0.2) is 0 Å². The van der Waals surface area contributed by atoms with Gasteiger partial charge in [-0.3, -0.25) is 0 Å². The van der Waals surface area contributed by atoms with Gasteiger partial charge in [0, 0.05) is 36.3 Å². The molecule has 2 rings (SSSR count). The Balaban J connectivity index is 2.17. The Morgan fingerprint density at radius 2 is 2.17 bits per heavy atom. The summed E-state index contributed by atoms with van der Waals surface area (Å²) in [7, 11) is 0. The van der Waals surface area contributed by atoms with Gasteiger partial charge in [0.25, 0.3) is 0 Å². The fraction of sp³-hybridized carbons (Fsp3) is 0.462. The van der Waals surface area contributed by atoms with Crippen LogP contribution in [0.5, 0.6) is 0 Å². The summed E-state index contributed by atoms with van der Waals surface area (Å²) in [6.07, 6.45) is 5.99. The van der Waals surface area contributed by atoms with E-state index < -0.39 is 0 Å². The van der Waals surface area contributed by atoms with Crippen LogP contribution in [0, 0.1) is 0 Å². The van der Waals surface area contributed by atoms with Crippen LogP contribution in [0.2, 0.25) is 0 Å². The summed E-state index contributed by atoms with van der Waals surface area (Å²) in [4.78, 5) is 15.1. The third-order valence-corrected chi connectivity index (χ3v) is 3.18. The molecule has 1 fully saturated rings. The maximum absolute atomic E-state index is 5.45. The molecule has 1 atom stereocenters. The summed E-state index contributed by atoms with van der Waals surface area (Å²) in [5, 5.41) is 0. The van der Waals surface area contributed by atoms with Crippen molar-refractivity contribution in [1.29, 1.82) is 0 Å². The van der Waals surface area contributed by atoms with E-state index in [1.807, 2.05) is 6.92 Å². The molecular weight excluding hydrogens is 226 g/mol. The molecule has 1 aliphatic rings. The molecule has 0 radical (unpaired) electrons. The van der Waals surface area contributed by atoms with Crippen LogP contribution in [0.25, 0.3) is 0 Å². The summed E-state index contributed by atoms with van der Waals surface area (Å²) in [5.74, 6) is 1.09. The Kier molecular flexibility index (Phi) is 3.60. The third kappa shape index (κ3) is 2.67. The highest BCUT2D eigenvalue weighted by Gasteiger charge is 2.22. The first-order valence-corrected chi connectivity index (χ1v) is 6.16. The molecule has 5 nitrogen and oxygen atoms in total. The fourth-order valence-corrected chi connectivity index (χ4v) is 2.17. The summed E-state index contributed by atoms with van der Waals surface area (Å²) < 4.78 is 0. The van der Waals surface area contributed by atoms with E-state index in [0.717, 1.165) is 23.8 Å². The van der Waals surface area contributed by atoms with E-state index >= 15 is 0 Å². The number of hydrogen-bond donors (Lipinski definition) is 1. The van der Waals surface area contributed by atoms with Gasteiger partial charge < -0.3 is 10.6 Å². The lowest BCUT2D eigenvalue weighted by molar-refractivity contribution is 0.717. The molecule has 2 heterocycles. The van der Waals surface area contributed by atoms with Crippen molar-refractivity contribution in [2.75, 3.05) is 11.4 Å². The second kappa shape index (κ2) is 5.16. The molecule has 0 bridgehead atoms. The van der Waals surface area contributed by atoms with Crippen molar-refractivity contribution >= 4 is 11.7 Å². The Morgan fingerprint density at radius 3 is 2.67 bits per heavy atom. The molecule has 0 amide bonds. The van der Waals surface area contributed by atoms with Crippen molar-refractivity contribution in [3.05, 3.63) is 30.4 Å². The first kappa shape index (κ1) is 12.5. The van der Waals surface area contributed by atoms with Crippen LogP contribution in [0.15, 0.2) is 29.8 Å². The molecule has 5 heteroatoms. The van der Waals surface area contributed by atoms with Gasteiger partial charge in [-0.05, 0) is 26.7 Å². The molecule has 96 valence electrons. The first-order valence-electron chi connectivity index (χ1n) is 6.16. The summed E-state index contributed by atoms with van der Waals surface area (Å²) >= 11 is 0. The number of anilines is 1. The van der Waals surface area contributed by atoms with Crippen LogP contribution in [0.1, 0.15) is 32.3 Å². The zero-order valence-corrected chi connectivity index (χ0v) is 10.9. The summed E-state index contributed by atoms with van der Waals surface area (Å²) in [6, 6.07) is 0.523. The van der Waals surface area contributed by atoms with Crippen LogP contribution in [-0.4, -0.2) is 28.3 Å². The van der Waals surface area contributed by atoms with Gasteiger partial charge in [0.1, 0.15) is 5.82 Å². The molecule has 0 aromatic carbocycles. The highest BCUT2D eigenvalue weighted by atomic mass is 15.3. The predicted molar refractivity (Wildman–Crippen MR) is 73.6 cm³/mol. The van der Waals surface area contributed by atoms with Crippen LogP contribution in [-0.2, 0) is 0 Å². The van der Waals surface area contributed by atoms with Crippen molar-refractivity contribution in [3.63, 3.8) is 0 Å². The zero-order chi connectivity index (χ0) is 13.1. The standard InChI is InChI=1S/C13H19N5/c1-9-5-4-6-18(9)13-15-7-12(8-16-13)10(2)17-11(3)14/h7-9H,3-6,14H2,1-2H3/t9-/m0/s1. The van der Waals surface area contributed by atoms with Gasteiger partial charge >= 0.3 is 0 Å². The second-order valence-electron chi connectivity index (χ2n) is 4.64. The van der Waals surface area contributed by atoms with Crippen molar-refractivity contribution in [3.8, 4) is 0 Å². The molecule has 1 saturated heterocycles. The minimum absolute atomic E-state index is 0.296. The van der Waals surface area contributed by atoms with Crippen LogP contribution in [0.3, 0.4) is 0 Å². The van der Waals surface area contributed by atoms with Crippen molar-refractivity contribution in [2.45, 2.75) is 32.7 Å². The molecule has 0 aliphatic carbocycles. The second-order valence-corrected chi connectivity index (χ2v) is 4.64. The van der Waals surface area contributed by atoms with E-state index in [1.165, 1.54) is 12.8 Å². The summed E-state index contributed by atoms with van der Waals surface area (Å²) in [6.45, 7) is 8.66. The van der Waals surface area contributed by atoms with E-state index in [2.05, 4.69) is 33.4 Å². The number of aromatic nitrogens is 2. The fourth-order valence-electron chi connectivity index (χ4n) is 2.17. The smallest absolute Gasteiger partial charge is 0.225 e. The minimum Gasteiger partial charge on any atom is -0.384 e. The number of aliphatic imine (C=N–C) groups is 1. The monoisotopic (exact) mass is 245 g/mol. The normalized spacial score (nSPS) is 20.2. The largest absolute Gasteiger partial charge is 0.384 e. The van der Waals surface area contributed by atoms with E-state index in [1.54, 1.807) is 12.4 Å². The van der Waals surface area contributed by atoms with Gasteiger partial charge in [-0.25, -0.2) is 15.0 Å². The number of rotatable bonds is 3. The van der Waals surface area contributed by atoms with Crippen LogP contribution in [0.4, 0.5) is 5.95 Å². The maximum atomic E-state index is 5.45. The Hall–Kier alpha value is -1.91. The minimum atomic E-state index is 0.296. The van der Waals surface area contributed by atoms with Crippen LogP contribution >= 0.6 is 0 Å². The number of hydrogen-bond acceptors (Lipinski definition) is 5. The van der Waals surface area contributed by atoms with Gasteiger partial charge in [-0.15, -0.1) is 0 Å². The van der Waals surface area contributed by atoms with E-state index in [0.29, 0.717) is 11.9 Å². The number of nitrogens with two attached hydrogens (primary N) is 1. The van der Waals surface area contributed by atoms with Crippen LogP contribution < -0.4 is 10.6 Å². The average molecular weight is 245 g/mol. The van der Waals surface area contributed by atoms with Gasteiger partial charge in [0.2, 0.25) is 5.95 Å². The first-order chi connectivity index (χ1) is 8.58. The third-order valence-electron chi connectivity index (χ3n) is 3.18. The lowest BCUT2D eigenvalue weighted by Crippen LogP contribution is -2.28.